The number of pyridine rings is 1. The molecule has 0 aliphatic rings. The van der Waals surface area contributed by atoms with Crippen molar-refractivity contribution in [1.29, 1.82) is 0 Å². The van der Waals surface area contributed by atoms with E-state index in [1.54, 1.807) is 24.4 Å². The Kier molecular flexibility index (Phi) is 2.73. The lowest BCUT2D eigenvalue weighted by molar-refractivity contribution is -0.107. The predicted octanol–water partition coefficient (Wildman–Crippen LogP) is 0.984. The molecule has 0 bridgehead atoms. The van der Waals surface area contributed by atoms with Crippen molar-refractivity contribution in [3.63, 3.8) is 0 Å². The summed E-state index contributed by atoms with van der Waals surface area (Å²) in [6.45, 7) is 0. The average Bonchev–Trinajstić information content (AvgIpc) is 2.07. The van der Waals surface area contributed by atoms with E-state index in [2.05, 4.69) is 20.2 Å². The van der Waals surface area contributed by atoms with Gasteiger partial charge in [0.2, 0.25) is 0 Å². The summed E-state index contributed by atoms with van der Waals surface area (Å²) >= 11 is 0. The van der Waals surface area contributed by atoms with Crippen molar-refractivity contribution in [1.82, 2.24) is 4.98 Å². The second kappa shape index (κ2) is 4.10. The molecule has 56 valence electrons. The van der Waals surface area contributed by atoms with Gasteiger partial charge in [0, 0.05) is 17.5 Å². The van der Waals surface area contributed by atoms with Gasteiger partial charge in [-0.2, -0.15) is 0 Å². The number of hydrogen-bond donors (Lipinski definition) is 0. The standard InChI is InChI=1S/C6H5N3O2/c10-5-8-9-11-6-3-1-2-4-7-6/h1-5H. The maximum absolute atomic E-state index is 9.63. The third-order valence-corrected chi connectivity index (χ3v) is 0.866. The van der Waals surface area contributed by atoms with E-state index < -0.39 is 0 Å². The Labute approximate surface area is 62.7 Å². The van der Waals surface area contributed by atoms with Gasteiger partial charge in [-0.15, -0.1) is 0 Å². The summed E-state index contributed by atoms with van der Waals surface area (Å²) in [5.74, 6) is 0.304. The van der Waals surface area contributed by atoms with Gasteiger partial charge in [-0.25, -0.2) is 4.98 Å². The van der Waals surface area contributed by atoms with Crippen LogP contribution in [0.5, 0.6) is 5.88 Å². The van der Waals surface area contributed by atoms with E-state index in [0.717, 1.165) is 0 Å². The van der Waals surface area contributed by atoms with Crippen molar-refractivity contribution >= 4 is 6.41 Å². The van der Waals surface area contributed by atoms with Crippen LogP contribution in [0, 0.1) is 0 Å². The molecule has 0 fully saturated rings. The Morgan fingerprint density at radius 2 is 2.45 bits per heavy atom. The Bertz CT molecular complexity index is 247. The van der Waals surface area contributed by atoms with Crippen LogP contribution in [-0.4, -0.2) is 11.4 Å². The van der Waals surface area contributed by atoms with E-state index in [-0.39, 0.29) is 6.41 Å². The molecule has 1 rings (SSSR count). The second-order valence-electron chi connectivity index (χ2n) is 1.56. The minimum absolute atomic E-state index is 0.281. The number of aromatic nitrogens is 1. The molecule has 1 amide bonds. The first-order valence-electron chi connectivity index (χ1n) is 2.85. The molecule has 0 aliphatic carbocycles. The molecular formula is C6H5N3O2. The lowest BCUT2D eigenvalue weighted by Gasteiger charge is -1.90. The van der Waals surface area contributed by atoms with E-state index >= 15 is 0 Å². The van der Waals surface area contributed by atoms with Gasteiger partial charge in [-0.3, -0.25) is 4.79 Å². The van der Waals surface area contributed by atoms with Crippen LogP contribution in [0.3, 0.4) is 0 Å². The van der Waals surface area contributed by atoms with E-state index in [4.69, 9.17) is 0 Å². The summed E-state index contributed by atoms with van der Waals surface area (Å²) in [5.41, 5.74) is 0. The monoisotopic (exact) mass is 151 g/mol. The van der Waals surface area contributed by atoms with Crippen molar-refractivity contribution in [2.45, 2.75) is 0 Å². The fraction of sp³-hybridized carbons (Fsp3) is 0. The fourth-order valence-corrected chi connectivity index (χ4v) is 0.486. The molecule has 0 saturated carbocycles. The quantitative estimate of drug-likeness (QED) is 0.367. The number of amides is 1. The van der Waals surface area contributed by atoms with Crippen LogP contribution >= 0.6 is 0 Å². The highest BCUT2D eigenvalue weighted by atomic mass is 16.6. The van der Waals surface area contributed by atoms with Crippen molar-refractivity contribution in [2.24, 2.45) is 10.4 Å². The molecule has 1 heterocycles. The number of rotatable bonds is 3. The maximum atomic E-state index is 9.63. The fourth-order valence-electron chi connectivity index (χ4n) is 0.486. The Hall–Kier alpha value is -1.78. The first kappa shape index (κ1) is 7.33. The van der Waals surface area contributed by atoms with E-state index in [1.807, 2.05) is 0 Å². The van der Waals surface area contributed by atoms with Gasteiger partial charge in [0.15, 0.2) is 0 Å². The second-order valence-corrected chi connectivity index (χ2v) is 1.56. The van der Waals surface area contributed by atoms with Crippen molar-refractivity contribution in [2.75, 3.05) is 0 Å². The maximum Gasteiger partial charge on any atom is 0.255 e. The summed E-state index contributed by atoms with van der Waals surface area (Å²) in [4.78, 5) is 18.0. The zero-order chi connectivity index (χ0) is 7.94. The van der Waals surface area contributed by atoms with Crippen molar-refractivity contribution in [3.05, 3.63) is 24.4 Å². The molecule has 0 spiro atoms. The summed E-state index contributed by atoms with van der Waals surface area (Å²) < 4.78 is 0. The molecule has 5 heteroatoms. The zero-order valence-electron chi connectivity index (χ0n) is 5.54. The molecule has 11 heavy (non-hydrogen) atoms. The van der Waals surface area contributed by atoms with Crippen LogP contribution in [0.2, 0.25) is 0 Å². The molecule has 0 N–H and O–H groups in total. The Balaban J connectivity index is 2.51. The van der Waals surface area contributed by atoms with Gasteiger partial charge < -0.3 is 4.84 Å². The normalized spacial score (nSPS) is 9.82. The molecule has 1 aromatic heterocycles. The van der Waals surface area contributed by atoms with Gasteiger partial charge >= 0.3 is 0 Å². The minimum atomic E-state index is 0.281. The van der Waals surface area contributed by atoms with Crippen LogP contribution < -0.4 is 4.84 Å². The van der Waals surface area contributed by atoms with Crippen molar-refractivity contribution in [3.8, 4) is 5.88 Å². The smallest absolute Gasteiger partial charge is 0.255 e. The van der Waals surface area contributed by atoms with E-state index in [9.17, 15) is 4.79 Å². The van der Waals surface area contributed by atoms with Crippen LogP contribution in [0.25, 0.3) is 0 Å². The molecule has 0 radical (unpaired) electrons. The summed E-state index contributed by atoms with van der Waals surface area (Å²) in [6.07, 6.45) is 1.83. The SMILES string of the molecule is O=CN=NOc1ccccn1. The average molecular weight is 151 g/mol. The molecule has 0 atom stereocenters. The number of nitrogens with zero attached hydrogens (tertiary/aromatic N) is 3. The summed E-state index contributed by atoms with van der Waals surface area (Å²) in [6, 6.07) is 5.08. The van der Waals surface area contributed by atoms with Crippen molar-refractivity contribution < 1.29 is 9.63 Å². The highest BCUT2D eigenvalue weighted by Gasteiger charge is 1.88. The van der Waals surface area contributed by atoms with E-state index in [1.165, 1.54) is 0 Å². The molecule has 0 aliphatic heterocycles. The Morgan fingerprint density at radius 1 is 1.55 bits per heavy atom. The minimum Gasteiger partial charge on any atom is -0.318 e. The third-order valence-electron chi connectivity index (χ3n) is 0.866. The molecule has 0 saturated heterocycles. The first-order valence-corrected chi connectivity index (χ1v) is 2.85. The summed E-state index contributed by atoms with van der Waals surface area (Å²) in [7, 11) is 0. The molecule has 1 aromatic rings. The topological polar surface area (TPSA) is 63.9 Å². The first-order chi connectivity index (χ1) is 5.43. The lowest BCUT2D eigenvalue weighted by Crippen LogP contribution is -1.83. The number of carbonyl (C=O) groups is 1. The molecular weight excluding hydrogens is 146 g/mol. The number of carbonyl (C=O) groups excluding carboxylic acids is 1. The molecule has 0 unspecified atom stereocenters. The van der Waals surface area contributed by atoms with Crippen LogP contribution in [-0.2, 0) is 4.79 Å². The highest BCUT2D eigenvalue weighted by Crippen LogP contribution is 2.02. The van der Waals surface area contributed by atoms with Gasteiger partial charge in [-0.1, -0.05) is 11.2 Å². The molecule has 0 aromatic carbocycles. The van der Waals surface area contributed by atoms with Gasteiger partial charge in [0.1, 0.15) is 0 Å². The van der Waals surface area contributed by atoms with Gasteiger partial charge in [-0.05, 0) is 6.07 Å². The van der Waals surface area contributed by atoms with Crippen LogP contribution in [0.15, 0.2) is 34.8 Å². The largest absolute Gasteiger partial charge is 0.318 e. The van der Waals surface area contributed by atoms with Gasteiger partial charge in [0.25, 0.3) is 12.3 Å². The highest BCUT2D eigenvalue weighted by molar-refractivity contribution is 5.45. The zero-order valence-corrected chi connectivity index (χ0v) is 5.54. The van der Waals surface area contributed by atoms with Gasteiger partial charge in [0.05, 0.1) is 0 Å². The predicted molar refractivity (Wildman–Crippen MR) is 35.8 cm³/mol. The van der Waals surface area contributed by atoms with Crippen LogP contribution in [0.4, 0.5) is 0 Å². The summed E-state index contributed by atoms with van der Waals surface area (Å²) in [5, 5.41) is 6.00. The Morgan fingerprint density at radius 3 is 3.09 bits per heavy atom. The number of hydrogen-bond acceptors (Lipinski definition) is 4. The van der Waals surface area contributed by atoms with E-state index in [0.29, 0.717) is 5.88 Å². The third kappa shape index (κ3) is 2.53. The molecule has 5 nitrogen and oxygen atoms in total. The van der Waals surface area contributed by atoms with Crippen LogP contribution in [0.1, 0.15) is 0 Å². The lowest BCUT2D eigenvalue weighted by atomic mass is 10.5.